The van der Waals surface area contributed by atoms with Crippen LogP contribution in [0.25, 0.3) is 6.08 Å². The van der Waals surface area contributed by atoms with E-state index in [9.17, 15) is 39.5 Å². The van der Waals surface area contributed by atoms with Gasteiger partial charge in [0, 0.05) is 6.08 Å². The molecule has 0 aliphatic heterocycles. The zero-order valence-corrected chi connectivity index (χ0v) is 9.29. The van der Waals surface area contributed by atoms with Crippen LogP contribution < -0.4 is 0 Å². The van der Waals surface area contributed by atoms with Crippen molar-refractivity contribution in [2.45, 2.75) is 18.5 Å². The molecule has 9 heteroatoms. The summed E-state index contributed by atoms with van der Waals surface area (Å²) < 4.78 is 110. The van der Waals surface area contributed by atoms with Gasteiger partial charge in [-0.3, -0.25) is 0 Å². The standard InChI is InChI=1S/C11H5F9/c12-9(13,14)2-1-6-3-7(10(15,16)17)5-8(4-6)11(18,19)20/h1-5H/b2-1+. The molecule has 0 amide bonds. The monoisotopic (exact) mass is 308 g/mol. The third kappa shape index (κ3) is 4.78. The highest BCUT2D eigenvalue weighted by Gasteiger charge is 2.36. The first-order chi connectivity index (χ1) is 8.79. The highest BCUT2D eigenvalue weighted by Crippen LogP contribution is 2.36. The van der Waals surface area contributed by atoms with Crippen molar-refractivity contribution in [3.8, 4) is 0 Å². The molecule has 0 aliphatic rings. The maximum Gasteiger partial charge on any atom is 0.416 e. The Labute approximate surface area is 106 Å². The van der Waals surface area contributed by atoms with Crippen molar-refractivity contribution in [2.24, 2.45) is 0 Å². The zero-order valence-electron chi connectivity index (χ0n) is 9.29. The topological polar surface area (TPSA) is 0 Å². The van der Waals surface area contributed by atoms with E-state index < -0.39 is 41.3 Å². The lowest BCUT2D eigenvalue weighted by Crippen LogP contribution is -2.11. The Morgan fingerprint density at radius 3 is 1.35 bits per heavy atom. The first-order valence-corrected chi connectivity index (χ1v) is 4.84. The van der Waals surface area contributed by atoms with Gasteiger partial charge >= 0.3 is 18.5 Å². The number of hydrogen-bond acceptors (Lipinski definition) is 0. The number of rotatable bonds is 1. The van der Waals surface area contributed by atoms with Gasteiger partial charge in [0.1, 0.15) is 0 Å². The minimum Gasteiger partial charge on any atom is -0.167 e. The fourth-order valence-corrected chi connectivity index (χ4v) is 1.27. The van der Waals surface area contributed by atoms with Crippen LogP contribution in [0.3, 0.4) is 0 Å². The van der Waals surface area contributed by atoms with Gasteiger partial charge in [-0.15, -0.1) is 0 Å². The molecule has 1 rings (SSSR count). The molecular formula is C11H5F9. The van der Waals surface area contributed by atoms with E-state index in [1.54, 1.807) is 0 Å². The van der Waals surface area contributed by atoms with Gasteiger partial charge in [-0.1, -0.05) is 6.08 Å². The molecule has 112 valence electrons. The van der Waals surface area contributed by atoms with Crippen molar-refractivity contribution < 1.29 is 39.5 Å². The van der Waals surface area contributed by atoms with E-state index in [-0.39, 0.29) is 24.3 Å². The van der Waals surface area contributed by atoms with Crippen molar-refractivity contribution >= 4 is 6.08 Å². The molecule has 0 spiro atoms. The van der Waals surface area contributed by atoms with Gasteiger partial charge in [0.05, 0.1) is 11.1 Å². The van der Waals surface area contributed by atoms with Crippen LogP contribution >= 0.6 is 0 Å². The van der Waals surface area contributed by atoms with Gasteiger partial charge in [-0.2, -0.15) is 39.5 Å². The van der Waals surface area contributed by atoms with E-state index in [2.05, 4.69) is 0 Å². The van der Waals surface area contributed by atoms with Crippen LogP contribution in [0.5, 0.6) is 0 Å². The predicted octanol–water partition coefficient (Wildman–Crippen LogP) is 5.30. The van der Waals surface area contributed by atoms with Crippen LogP contribution in [0.15, 0.2) is 24.3 Å². The maximum absolute atomic E-state index is 12.4. The summed E-state index contributed by atoms with van der Waals surface area (Å²) in [5, 5.41) is 0. The Morgan fingerprint density at radius 2 is 1.05 bits per heavy atom. The van der Waals surface area contributed by atoms with Crippen LogP contribution in [0.1, 0.15) is 16.7 Å². The molecule has 0 atom stereocenters. The molecule has 0 aliphatic carbocycles. The van der Waals surface area contributed by atoms with Crippen molar-refractivity contribution in [3.05, 3.63) is 41.0 Å². The summed E-state index contributed by atoms with van der Waals surface area (Å²) in [4.78, 5) is 0. The molecule has 20 heavy (non-hydrogen) atoms. The van der Waals surface area contributed by atoms with Crippen LogP contribution in [0, 0.1) is 0 Å². The van der Waals surface area contributed by atoms with Crippen LogP contribution in [0.2, 0.25) is 0 Å². The maximum atomic E-state index is 12.4. The van der Waals surface area contributed by atoms with E-state index >= 15 is 0 Å². The fraction of sp³-hybridized carbons (Fsp3) is 0.273. The Balaban J connectivity index is 3.35. The summed E-state index contributed by atoms with van der Waals surface area (Å²) in [5.41, 5.74) is -4.19. The first kappa shape index (κ1) is 16.4. The summed E-state index contributed by atoms with van der Waals surface area (Å²) in [7, 11) is 0. The van der Waals surface area contributed by atoms with Crippen LogP contribution in [-0.2, 0) is 12.4 Å². The number of allylic oxidation sites excluding steroid dienone is 1. The average molecular weight is 308 g/mol. The summed E-state index contributed by atoms with van der Waals surface area (Å²) in [6.07, 6.45) is -15.3. The molecule has 0 radical (unpaired) electrons. The number of alkyl halides is 9. The Kier molecular flexibility index (Phi) is 4.12. The smallest absolute Gasteiger partial charge is 0.167 e. The highest BCUT2D eigenvalue weighted by molar-refractivity contribution is 5.53. The second kappa shape index (κ2) is 5.02. The number of halogens is 9. The Morgan fingerprint density at radius 1 is 0.650 bits per heavy atom. The summed E-state index contributed by atoms with van der Waals surface area (Å²) in [5.74, 6) is 0. The Hall–Kier alpha value is -1.67. The van der Waals surface area contributed by atoms with Crippen molar-refractivity contribution in [1.29, 1.82) is 0 Å². The lowest BCUT2D eigenvalue weighted by atomic mass is 10.0. The zero-order chi connectivity index (χ0) is 15.8. The van der Waals surface area contributed by atoms with Crippen LogP contribution in [0.4, 0.5) is 39.5 Å². The van der Waals surface area contributed by atoms with Crippen molar-refractivity contribution in [3.63, 3.8) is 0 Å². The summed E-state index contributed by atoms with van der Waals surface area (Å²) >= 11 is 0. The predicted molar refractivity (Wildman–Crippen MR) is 51.5 cm³/mol. The van der Waals surface area contributed by atoms with E-state index in [4.69, 9.17) is 0 Å². The number of hydrogen-bond donors (Lipinski definition) is 0. The molecule has 0 aromatic heterocycles. The number of benzene rings is 1. The van der Waals surface area contributed by atoms with Gasteiger partial charge in [0.2, 0.25) is 0 Å². The second-order valence-electron chi connectivity index (χ2n) is 3.71. The minimum absolute atomic E-state index is 0.143. The quantitative estimate of drug-likeness (QED) is 0.618. The molecule has 0 unspecified atom stereocenters. The van der Waals surface area contributed by atoms with Gasteiger partial charge in [-0.25, -0.2) is 0 Å². The van der Waals surface area contributed by atoms with Crippen molar-refractivity contribution in [1.82, 2.24) is 0 Å². The highest BCUT2D eigenvalue weighted by atomic mass is 19.4. The molecule has 1 aromatic rings. The molecule has 0 saturated carbocycles. The van der Waals surface area contributed by atoms with Gasteiger partial charge in [0.15, 0.2) is 0 Å². The summed E-state index contributed by atoms with van der Waals surface area (Å²) in [6.45, 7) is 0. The molecule has 0 N–H and O–H groups in total. The van der Waals surface area contributed by atoms with Gasteiger partial charge < -0.3 is 0 Å². The van der Waals surface area contributed by atoms with E-state index in [0.717, 1.165) is 0 Å². The fourth-order valence-electron chi connectivity index (χ4n) is 1.27. The SMILES string of the molecule is FC(F)(F)/C=C/c1cc(C(F)(F)F)cc(C(F)(F)F)c1. The molecule has 1 aromatic carbocycles. The van der Waals surface area contributed by atoms with E-state index in [1.165, 1.54) is 0 Å². The molecule has 0 fully saturated rings. The lowest BCUT2D eigenvalue weighted by Gasteiger charge is -2.13. The minimum atomic E-state index is -5.10. The van der Waals surface area contributed by atoms with Gasteiger partial charge in [0.25, 0.3) is 0 Å². The van der Waals surface area contributed by atoms with Gasteiger partial charge in [-0.05, 0) is 23.8 Å². The molecule has 0 nitrogen and oxygen atoms in total. The van der Waals surface area contributed by atoms with E-state index in [0.29, 0.717) is 0 Å². The Bertz CT molecular complexity index is 470. The largest absolute Gasteiger partial charge is 0.416 e. The molecular weight excluding hydrogens is 303 g/mol. The normalized spacial score (nSPS) is 14.1. The summed E-state index contributed by atoms with van der Waals surface area (Å²) in [6, 6.07) is 0.250. The van der Waals surface area contributed by atoms with E-state index in [1.807, 2.05) is 0 Å². The van der Waals surface area contributed by atoms with Crippen LogP contribution in [-0.4, -0.2) is 6.18 Å². The third-order valence-electron chi connectivity index (χ3n) is 2.07. The molecule has 0 bridgehead atoms. The molecule has 0 saturated heterocycles. The molecule has 0 heterocycles. The lowest BCUT2D eigenvalue weighted by molar-refractivity contribution is -0.143. The first-order valence-electron chi connectivity index (χ1n) is 4.84. The second-order valence-corrected chi connectivity index (χ2v) is 3.71. The van der Waals surface area contributed by atoms with Crippen molar-refractivity contribution in [2.75, 3.05) is 0 Å². The third-order valence-corrected chi connectivity index (χ3v) is 2.07. The average Bonchev–Trinajstić information content (AvgIpc) is 2.22.